The fourth-order valence-corrected chi connectivity index (χ4v) is 5.72. The third-order valence-electron chi connectivity index (χ3n) is 7.75. The van der Waals surface area contributed by atoms with Gasteiger partial charge in [0.25, 0.3) is 0 Å². The molecule has 4 rings (SSSR count). The van der Waals surface area contributed by atoms with Gasteiger partial charge in [0, 0.05) is 12.8 Å². The number of hydrogen-bond acceptors (Lipinski definition) is 5. The molecule has 3 saturated heterocycles. The molecule has 6 heteroatoms. The highest BCUT2D eigenvalue weighted by Gasteiger charge is 2.70. The highest BCUT2D eigenvalue weighted by molar-refractivity contribution is 5.79. The summed E-state index contributed by atoms with van der Waals surface area (Å²) >= 11 is 0. The van der Waals surface area contributed by atoms with E-state index < -0.39 is 5.92 Å². The van der Waals surface area contributed by atoms with Crippen LogP contribution in [0.3, 0.4) is 0 Å². The third-order valence-corrected chi connectivity index (χ3v) is 7.75. The van der Waals surface area contributed by atoms with Crippen molar-refractivity contribution >= 4 is 11.9 Å². The number of nitrogens with zero attached hydrogens (tertiary/aromatic N) is 1. The summed E-state index contributed by atoms with van der Waals surface area (Å²) in [6.07, 6.45) is 2.89. The second kappa shape index (κ2) is 8.55. The van der Waals surface area contributed by atoms with Crippen molar-refractivity contribution < 1.29 is 28.3 Å². The first-order valence-electron chi connectivity index (χ1n) is 11.6. The monoisotopic (exact) mass is 430 g/mol. The Bertz CT molecular complexity index is 787. The summed E-state index contributed by atoms with van der Waals surface area (Å²) in [5.41, 5.74) is 0.818. The molecule has 3 fully saturated rings. The van der Waals surface area contributed by atoms with Crippen molar-refractivity contribution in [1.82, 2.24) is 0 Å². The zero-order valence-corrected chi connectivity index (χ0v) is 19.3. The normalized spacial score (nSPS) is 32.1. The fourth-order valence-electron chi connectivity index (χ4n) is 5.72. The van der Waals surface area contributed by atoms with Crippen molar-refractivity contribution in [2.45, 2.75) is 76.3 Å². The molecule has 31 heavy (non-hydrogen) atoms. The molecule has 3 heterocycles. The summed E-state index contributed by atoms with van der Waals surface area (Å²) < 4.78 is 18.4. The Balaban J connectivity index is 1.42. The number of benzene rings is 1. The fraction of sp³-hybridized carbons (Fsp3) is 0.680. The average Bonchev–Trinajstić information content (AvgIpc) is 3.47. The molecule has 1 aromatic rings. The quantitative estimate of drug-likeness (QED) is 0.360. The minimum absolute atomic E-state index is 0.0143. The van der Waals surface area contributed by atoms with Crippen LogP contribution >= 0.6 is 0 Å². The largest absolute Gasteiger partial charge is 0.464 e. The van der Waals surface area contributed by atoms with Crippen LogP contribution in [0.1, 0.15) is 51.5 Å². The molecule has 1 unspecified atom stereocenters. The topological polar surface area (TPSA) is 65.1 Å². The predicted molar refractivity (Wildman–Crippen MR) is 116 cm³/mol. The number of rotatable bonds is 8. The number of quaternary nitrogens is 1. The van der Waals surface area contributed by atoms with E-state index >= 15 is 0 Å². The smallest absolute Gasteiger partial charge is 0.317 e. The Labute approximate surface area is 185 Å². The summed E-state index contributed by atoms with van der Waals surface area (Å²) in [6, 6.07) is 10.3. The molecule has 0 spiro atoms. The van der Waals surface area contributed by atoms with Gasteiger partial charge in [-0.3, -0.25) is 9.59 Å². The van der Waals surface area contributed by atoms with Crippen LogP contribution in [0.4, 0.5) is 0 Å². The Kier molecular flexibility index (Phi) is 6.14. The van der Waals surface area contributed by atoms with Gasteiger partial charge in [0.15, 0.2) is 0 Å². The second-order valence-electron chi connectivity index (χ2n) is 10.2. The van der Waals surface area contributed by atoms with Gasteiger partial charge in [0.2, 0.25) is 0 Å². The molecular weight excluding hydrogens is 394 g/mol. The molecule has 170 valence electrons. The van der Waals surface area contributed by atoms with Gasteiger partial charge in [-0.05, 0) is 17.9 Å². The lowest BCUT2D eigenvalue weighted by Crippen LogP contribution is -2.60. The van der Waals surface area contributed by atoms with Gasteiger partial charge in [0.1, 0.15) is 42.9 Å². The van der Waals surface area contributed by atoms with Crippen molar-refractivity contribution in [2.24, 2.45) is 11.8 Å². The minimum atomic E-state index is -0.609. The van der Waals surface area contributed by atoms with Gasteiger partial charge in [-0.25, -0.2) is 0 Å². The van der Waals surface area contributed by atoms with E-state index in [-0.39, 0.29) is 36.5 Å². The highest BCUT2D eigenvalue weighted by Crippen LogP contribution is 2.51. The molecule has 3 aliphatic heterocycles. The first kappa shape index (κ1) is 22.3. The van der Waals surface area contributed by atoms with Crippen LogP contribution in [-0.4, -0.2) is 67.5 Å². The molecule has 0 saturated carbocycles. The zero-order chi connectivity index (χ0) is 22.3. The molecule has 1 aromatic carbocycles. The number of fused-ring (bicyclic) bond motifs is 5. The third kappa shape index (κ3) is 4.24. The van der Waals surface area contributed by atoms with E-state index in [0.717, 1.165) is 29.3 Å². The van der Waals surface area contributed by atoms with Crippen molar-refractivity contribution in [1.29, 1.82) is 0 Å². The Hall–Kier alpha value is -1.92. The van der Waals surface area contributed by atoms with Crippen molar-refractivity contribution in [3.05, 3.63) is 35.9 Å². The Morgan fingerprint density at radius 2 is 1.68 bits per heavy atom. The Morgan fingerprint density at radius 3 is 2.23 bits per heavy atom. The first-order valence-corrected chi connectivity index (χ1v) is 11.6. The van der Waals surface area contributed by atoms with E-state index in [1.165, 1.54) is 0 Å². The van der Waals surface area contributed by atoms with E-state index in [1.807, 2.05) is 51.1 Å². The molecule has 0 radical (unpaired) electrons. The lowest BCUT2D eigenvalue weighted by molar-refractivity contribution is -0.938. The van der Waals surface area contributed by atoms with Crippen molar-refractivity contribution in [2.75, 3.05) is 20.7 Å². The molecule has 0 aromatic heterocycles. The van der Waals surface area contributed by atoms with Gasteiger partial charge in [-0.15, -0.1) is 0 Å². The Morgan fingerprint density at radius 1 is 1.06 bits per heavy atom. The number of likely N-dealkylation sites (N-methyl/N-ethyl adjacent to an activating group) is 1. The molecule has 2 bridgehead atoms. The summed E-state index contributed by atoms with van der Waals surface area (Å²) in [6.45, 7) is 6.04. The number of morpholine rings is 1. The average molecular weight is 431 g/mol. The number of esters is 2. The number of epoxide rings is 1. The minimum Gasteiger partial charge on any atom is -0.464 e. The maximum absolute atomic E-state index is 13.2. The lowest BCUT2D eigenvalue weighted by Gasteiger charge is -2.45. The molecule has 7 atom stereocenters. The van der Waals surface area contributed by atoms with Crippen LogP contribution in [0.25, 0.3) is 0 Å². The lowest BCUT2D eigenvalue weighted by atomic mass is 9.93. The van der Waals surface area contributed by atoms with Gasteiger partial charge in [-0.1, -0.05) is 51.1 Å². The number of ether oxygens (including phenoxy) is 3. The summed E-state index contributed by atoms with van der Waals surface area (Å²) in [5, 5.41) is 0. The van der Waals surface area contributed by atoms with Crippen LogP contribution in [0, 0.1) is 11.8 Å². The molecule has 0 N–H and O–H groups in total. The maximum Gasteiger partial charge on any atom is 0.317 e. The molecule has 0 amide bonds. The highest BCUT2D eigenvalue weighted by atomic mass is 16.6. The van der Waals surface area contributed by atoms with Crippen LogP contribution in [0.15, 0.2) is 30.3 Å². The van der Waals surface area contributed by atoms with Gasteiger partial charge in [-0.2, -0.15) is 0 Å². The van der Waals surface area contributed by atoms with Gasteiger partial charge >= 0.3 is 11.9 Å². The number of hydrogen-bond donors (Lipinski definition) is 0. The van der Waals surface area contributed by atoms with Crippen LogP contribution < -0.4 is 0 Å². The van der Waals surface area contributed by atoms with E-state index in [1.54, 1.807) is 0 Å². The van der Waals surface area contributed by atoms with E-state index in [2.05, 4.69) is 14.1 Å². The zero-order valence-electron chi connectivity index (χ0n) is 19.3. The molecule has 6 nitrogen and oxygen atoms in total. The number of piperidine rings is 1. The second-order valence-corrected chi connectivity index (χ2v) is 10.2. The molecule has 3 aliphatic rings. The van der Waals surface area contributed by atoms with Crippen molar-refractivity contribution in [3.63, 3.8) is 0 Å². The van der Waals surface area contributed by atoms with Gasteiger partial charge < -0.3 is 18.7 Å². The standard InChI is InChI=1S/C25H36NO5/c1-6-18(15(2)3)24(27)29-14-19(16-10-8-7-9-11-16)25(28)30-17-12-20-22-23(31-22)21(13-17)26(20,4)5/h7-11,15,17-23H,6,12-14H2,1-5H3/q+1/t17?,18-,19-,20+,21+,22-,23+/m0/s1. The van der Waals surface area contributed by atoms with Crippen molar-refractivity contribution in [3.8, 4) is 0 Å². The molecular formula is C25H36NO5+. The van der Waals surface area contributed by atoms with E-state index in [0.29, 0.717) is 24.3 Å². The summed E-state index contributed by atoms with van der Waals surface area (Å²) in [5.74, 6) is -1.11. The predicted octanol–water partition coefficient (Wildman–Crippen LogP) is 3.30. The molecule has 0 aliphatic carbocycles. The van der Waals surface area contributed by atoms with Crippen LogP contribution in [-0.2, 0) is 23.8 Å². The van der Waals surface area contributed by atoms with E-state index in [4.69, 9.17) is 14.2 Å². The van der Waals surface area contributed by atoms with E-state index in [9.17, 15) is 9.59 Å². The van der Waals surface area contributed by atoms with Gasteiger partial charge in [0.05, 0.1) is 20.0 Å². The number of carbonyl (C=O) groups excluding carboxylic acids is 2. The maximum atomic E-state index is 13.2. The SMILES string of the molecule is CC[C@H](C(=O)OC[C@H](C(=O)OC1C[C@@H]2[C@@H]3O[C@@H]3[C@@H](C1)[N+]2(C)C)c1ccccc1)C(C)C. The van der Waals surface area contributed by atoms with Crippen LogP contribution in [0.5, 0.6) is 0 Å². The summed E-state index contributed by atoms with van der Waals surface area (Å²) in [7, 11) is 4.52. The first-order chi connectivity index (χ1) is 14.7. The number of carbonyl (C=O) groups is 2. The van der Waals surface area contributed by atoms with Crippen LogP contribution in [0.2, 0.25) is 0 Å². The summed E-state index contributed by atoms with van der Waals surface area (Å²) in [4.78, 5) is 25.8.